The van der Waals surface area contributed by atoms with Crippen LogP contribution in [0.25, 0.3) is 0 Å². The first kappa shape index (κ1) is 18.9. The molecule has 2 rings (SSSR count). The van der Waals surface area contributed by atoms with Crippen molar-refractivity contribution in [2.24, 2.45) is 0 Å². The normalized spacial score (nSPS) is 11.2. The summed E-state index contributed by atoms with van der Waals surface area (Å²) in [7, 11) is -1.47. The molecule has 1 N–H and O–H groups in total. The lowest BCUT2D eigenvalue weighted by Gasteiger charge is -2.15. The molecule has 0 aliphatic rings. The summed E-state index contributed by atoms with van der Waals surface area (Å²) in [6, 6.07) is 12.0. The number of anilines is 1. The number of carbonyl (C=O) groups is 1. The first-order chi connectivity index (χ1) is 11.8. The highest BCUT2D eigenvalue weighted by Gasteiger charge is 2.23. The second-order valence-corrected chi connectivity index (χ2v) is 7.23. The van der Waals surface area contributed by atoms with E-state index >= 15 is 0 Å². The lowest BCUT2D eigenvalue weighted by Crippen LogP contribution is -2.26. The van der Waals surface area contributed by atoms with Crippen LogP contribution < -0.4 is 5.32 Å². The standard InChI is InChI=1S/C16H14ClN3O4S/c1-20(24-2)25(22,23)13-6-7-15(17)14(9-13)16(21)19-12-5-3-4-11(8-12)10-18/h3-9H,1-2H3,(H,19,21). The molecule has 0 unspecified atom stereocenters. The van der Waals surface area contributed by atoms with Crippen molar-refractivity contribution in [3.8, 4) is 6.07 Å². The Bertz CT molecular complexity index is 954. The number of hydroxylamine groups is 1. The Morgan fingerprint density at radius 1 is 1.28 bits per heavy atom. The number of nitriles is 1. The van der Waals surface area contributed by atoms with Crippen molar-refractivity contribution in [3.63, 3.8) is 0 Å². The van der Waals surface area contributed by atoms with E-state index in [2.05, 4.69) is 5.32 Å². The average molecular weight is 380 g/mol. The summed E-state index contributed by atoms with van der Waals surface area (Å²) in [5, 5.41) is 11.6. The molecule has 0 radical (unpaired) electrons. The van der Waals surface area contributed by atoms with Crippen LogP contribution >= 0.6 is 11.6 Å². The van der Waals surface area contributed by atoms with Gasteiger partial charge in [0.15, 0.2) is 0 Å². The summed E-state index contributed by atoms with van der Waals surface area (Å²) in [6.07, 6.45) is 0. The van der Waals surface area contributed by atoms with Gasteiger partial charge in [0.25, 0.3) is 15.9 Å². The molecule has 9 heteroatoms. The Balaban J connectivity index is 2.37. The minimum absolute atomic E-state index is 0.0189. The number of carbonyl (C=O) groups excluding carboxylic acids is 1. The topological polar surface area (TPSA) is 99.5 Å². The summed E-state index contributed by atoms with van der Waals surface area (Å²) in [4.78, 5) is 17.0. The van der Waals surface area contributed by atoms with E-state index in [0.29, 0.717) is 15.7 Å². The van der Waals surface area contributed by atoms with Crippen LogP contribution in [0.3, 0.4) is 0 Å². The molecule has 0 saturated heterocycles. The molecule has 0 atom stereocenters. The Kier molecular flexibility index (Phi) is 5.77. The number of nitrogens with one attached hydrogen (secondary N) is 1. The van der Waals surface area contributed by atoms with Crippen molar-refractivity contribution in [2.75, 3.05) is 19.5 Å². The van der Waals surface area contributed by atoms with Gasteiger partial charge in [-0.25, -0.2) is 8.42 Å². The third kappa shape index (κ3) is 4.15. The molecule has 0 aliphatic carbocycles. The van der Waals surface area contributed by atoms with E-state index < -0.39 is 15.9 Å². The maximum atomic E-state index is 12.4. The highest BCUT2D eigenvalue weighted by atomic mass is 35.5. The molecule has 0 heterocycles. The first-order valence-electron chi connectivity index (χ1n) is 6.93. The Morgan fingerprint density at radius 2 is 2.00 bits per heavy atom. The lowest BCUT2D eigenvalue weighted by molar-refractivity contribution is -0.0258. The number of benzene rings is 2. The molecule has 2 aromatic rings. The van der Waals surface area contributed by atoms with Crippen LogP contribution in [0.1, 0.15) is 15.9 Å². The molecule has 25 heavy (non-hydrogen) atoms. The van der Waals surface area contributed by atoms with Gasteiger partial charge in [-0.1, -0.05) is 22.1 Å². The predicted octanol–water partition coefficient (Wildman–Crippen LogP) is 2.65. The number of nitrogens with zero attached hydrogens (tertiary/aromatic N) is 2. The molecule has 2 aromatic carbocycles. The fourth-order valence-corrected chi connectivity index (χ4v) is 3.15. The van der Waals surface area contributed by atoms with Crippen molar-refractivity contribution < 1.29 is 18.0 Å². The van der Waals surface area contributed by atoms with Crippen LogP contribution in [0.2, 0.25) is 5.02 Å². The SMILES string of the molecule is CON(C)S(=O)(=O)c1ccc(Cl)c(C(=O)Nc2cccc(C#N)c2)c1. The van der Waals surface area contributed by atoms with Gasteiger partial charge in [0, 0.05) is 12.7 Å². The van der Waals surface area contributed by atoms with Crippen molar-refractivity contribution in [2.45, 2.75) is 4.90 Å². The zero-order valence-electron chi connectivity index (χ0n) is 13.4. The number of hydrogen-bond donors (Lipinski definition) is 1. The first-order valence-corrected chi connectivity index (χ1v) is 8.75. The van der Waals surface area contributed by atoms with E-state index in [9.17, 15) is 13.2 Å². The molecule has 0 fully saturated rings. The van der Waals surface area contributed by atoms with E-state index in [4.69, 9.17) is 21.7 Å². The van der Waals surface area contributed by atoms with Crippen LogP contribution in [-0.2, 0) is 14.9 Å². The zero-order chi connectivity index (χ0) is 18.6. The van der Waals surface area contributed by atoms with Gasteiger partial charge in [0.05, 0.1) is 34.2 Å². The second-order valence-electron chi connectivity index (χ2n) is 4.89. The van der Waals surface area contributed by atoms with E-state index in [1.807, 2.05) is 6.07 Å². The average Bonchev–Trinajstić information content (AvgIpc) is 2.61. The Labute approximate surface area is 150 Å². The number of rotatable bonds is 5. The van der Waals surface area contributed by atoms with Gasteiger partial charge >= 0.3 is 0 Å². The van der Waals surface area contributed by atoms with Gasteiger partial charge in [0.1, 0.15) is 0 Å². The van der Waals surface area contributed by atoms with Gasteiger partial charge in [-0.05, 0) is 36.4 Å². The molecule has 130 valence electrons. The lowest BCUT2D eigenvalue weighted by atomic mass is 10.2. The maximum Gasteiger partial charge on any atom is 0.264 e. The van der Waals surface area contributed by atoms with Crippen LogP contribution in [0, 0.1) is 11.3 Å². The molecular formula is C16H14ClN3O4S. The monoisotopic (exact) mass is 379 g/mol. The fraction of sp³-hybridized carbons (Fsp3) is 0.125. The predicted molar refractivity (Wildman–Crippen MR) is 92.5 cm³/mol. The van der Waals surface area contributed by atoms with Crippen molar-refractivity contribution in [3.05, 3.63) is 58.6 Å². The zero-order valence-corrected chi connectivity index (χ0v) is 14.9. The Hall–Kier alpha value is -2.44. The maximum absolute atomic E-state index is 12.4. The van der Waals surface area contributed by atoms with Gasteiger partial charge in [-0.3, -0.25) is 9.63 Å². The molecule has 0 spiro atoms. The number of halogens is 1. The fourth-order valence-electron chi connectivity index (χ4n) is 1.95. The minimum atomic E-state index is -3.92. The van der Waals surface area contributed by atoms with Crippen LogP contribution in [-0.4, -0.2) is 33.0 Å². The summed E-state index contributed by atoms with van der Waals surface area (Å²) in [5.41, 5.74) is 0.749. The smallest absolute Gasteiger partial charge is 0.264 e. The molecule has 0 saturated carbocycles. The Morgan fingerprint density at radius 3 is 2.64 bits per heavy atom. The molecular weight excluding hydrogens is 366 g/mol. The number of hydrogen-bond acceptors (Lipinski definition) is 5. The second kappa shape index (κ2) is 7.63. The molecule has 0 aromatic heterocycles. The molecule has 0 bridgehead atoms. The van der Waals surface area contributed by atoms with Gasteiger partial charge in [-0.15, -0.1) is 0 Å². The van der Waals surface area contributed by atoms with Gasteiger partial charge in [0.2, 0.25) is 0 Å². The largest absolute Gasteiger partial charge is 0.322 e. The van der Waals surface area contributed by atoms with E-state index in [0.717, 1.165) is 6.07 Å². The third-order valence-electron chi connectivity index (χ3n) is 3.33. The van der Waals surface area contributed by atoms with E-state index in [1.165, 1.54) is 32.4 Å². The van der Waals surface area contributed by atoms with Crippen molar-refractivity contribution in [1.29, 1.82) is 5.26 Å². The quantitative estimate of drug-likeness (QED) is 0.805. The highest BCUT2D eigenvalue weighted by Crippen LogP contribution is 2.23. The van der Waals surface area contributed by atoms with Crippen LogP contribution in [0.5, 0.6) is 0 Å². The van der Waals surface area contributed by atoms with Crippen LogP contribution in [0.4, 0.5) is 5.69 Å². The summed E-state index contributed by atoms with van der Waals surface area (Å²) in [5.74, 6) is -0.600. The van der Waals surface area contributed by atoms with Crippen molar-refractivity contribution >= 4 is 33.2 Å². The summed E-state index contributed by atoms with van der Waals surface area (Å²) >= 11 is 6.03. The van der Waals surface area contributed by atoms with Crippen LogP contribution in [0.15, 0.2) is 47.4 Å². The van der Waals surface area contributed by atoms with Crippen molar-refractivity contribution in [1.82, 2.24) is 4.47 Å². The summed E-state index contributed by atoms with van der Waals surface area (Å²) < 4.78 is 25.2. The van der Waals surface area contributed by atoms with E-state index in [-0.39, 0.29) is 15.5 Å². The third-order valence-corrected chi connectivity index (χ3v) is 5.33. The van der Waals surface area contributed by atoms with Gasteiger partial charge in [-0.2, -0.15) is 5.26 Å². The van der Waals surface area contributed by atoms with E-state index in [1.54, 1.807) is 18.2 Å². The minimum Gasteiger partial charge on any atom is -0.322 e. The van der Waals surface area contributed by atoms with Gasteiger partial charge < -0.3 is 5.32 Å². The molecule has 7 nitrogen and oxygen atoms in total. The molecule has 1 amide bonds. The number of amides is 1. The number of sulfonamides is 1. The summed E-state index contributed by atoms with van der Waals surface area (Å²) in [6.45, 7) is 0. The molecule has 0 aliphatic heterocycles. The highest BCUT2D eigenvalue weighted by molar-refractivity contribution is 7.89.